The van der Waals surface area contributed by atoms with Crippen LogP contribution in [-0.2, 0) is 4.79 Å². The van der Waals surface area contributed by atoms with Crippen molar-refractivity contribution >= 4 is 5.78 Å². The van der Waals surface area contributed by atoms with Crippen molar-refractivity contribution in [3.8, 4) is 0 Å². The van der Waals surface area contributed by atoms with Crippen LogP contribution in [0, 0.1) is 0 Å². The topological polar surface area (TPSA) is 17.1 Å². The van der Waals surface area contributed by atoms with Gasteiger partial charge in [0.25, 0.3) is 0 Å². The first-order valence-electron chi connectivity index (χ1n) is 5.50. The molecule has 0 fully saturated rings. The van der Waals surface area contributed by atoms with Crippen molar-refractivity contribution in [1.82, 2.24) is 0 Å². The van der Waals surface area contributed by atoms with Crippen LogP contribution in [0.2, 0.25) is 0 Å². The summed E-state index contributed by atoms with van der Waals surface area (Å²) >= 11 is 0. The average molecular weight is 208 g/mol. The lowest BCUT2D eigenvalue weighted by molar-refractivity contribution is -0.113. The van der Waals surface area contributed by atoms with Crippen LogP contribution in [0.25, 0.3) is 0 Å². The Labute approximate surface area is 90.4 Å². The summed E-state index contributed by atoms with van der Waals surface area (Å²) in [6.45, 7) is 2.10. The smallest absolute Gasteiger partial charge is 0.217 e. The van der Waals surface area contributed by atoms with Gasteiger partial charge in [0.1, 0.15) is 0 Å². The summed E-state index contributed by atoms with van der Waals surface area (Å²) in [4.78, 5) is 11.1. The van der Waals surface area contributed by atoms with Gasteiger partial charge in [-0.25, -0.2) is 4.39 Å². The Hall–Kier alpha value is -1.18. The SMILES string of the molecule is CC/C=C\CCC/C=C1\CC=C(F)C1=O. The van der Waals surface area contributed by atoms with E-state index in [1.807, 2.05) is 6.08 Å². The Kier molecular flexibility index (Phi) is 5.02. The monoisotopic (exact) mass is 208 g/mol. The van der Waals surface area contributed by atoms with E-state index in [1.54, 1.807) is 0 Å². The Balaban J connectivity index is 2.23. The molecule has 0 amide bonds. The van der Waals surface area contributed by atoms with Crippen LogP contribution < -0.4 is 0 Å². The van der Waals surface area contributed by atoms with Crippen molar-refractivity contribution in [2.45, 2.75) is 39.0 Å². The maximum Gasteiger partial charge on any atom is 0.217 e. The largest absolute Gasteiger partial charge is 0.286 e. The van der Waals surface area contributed by atoms with E-state index in [9.17, 15) is 9.18 Å². The molecule has 0 aliphatic heterocycles. The molecular formula is C13H17FO. The van der Waals surface area contributed by atoms with Crippen molar-refractivity contribution in [1.29, 1.82) is 0 Å². The zero-order valence-corrected chi connectivity index (χ0v) is 9.13. The van der Waals surface area contributed by atoms with Crippen LogP contribution in [0.4, 0.5) is 4.39 Å². The summed E-state index contributed by atoms with van der Waals surface area (Å²) in [6, 6.07) is 0. The van der Waals surface area contributed by atoms with Gasteiger partial charge in [0.15, 0.2) is 5.83 Å². The van der Waals surface area contributed by atoms with Gasteiger partial charge in [-0.2, -0.15) is 0 Å². The number of carbonyl (C=O) groups excluding carboxylic acids is 1. The van der Waals surface area contributed by atoms with Crippen LogP contribution in [0.5, 0.6) is 0 Å². The van der Waals surface area contributed by atoms with Gasteiger partial charge in [-0.1, -0.05) is 25.2 Å². The van der Waals surface area contributed by atoms with Crippen molar-refractivity contribution in [2.75, 3.05) is 0 Å². The zero-order valence-electron chi connectivity index (χ0n) is 9.13. The summed E-state index contributed by atoms with van der Waals surface area (Å²) in [5.41, 5.74) is 0.618. The minimum absolute atomic E-state index is 0.417. The van der Waals surface area contributed by atoms with E-state index in [0.717, 1.165) is 25.7 Å². The number of allylic oxidation sites excluding steroid dienone is 6. The first-order valence-corrected chi connectivity index (χ1v) is 5.50. The van der Waals surface area contributed by atoms with Gasteiger partial charge >= 0.3 is 0 Å². The molecule has 82 valence electrons. The van der Waals surface area contributed by atoms with E-state index in [2.05, 4.69) is 19.1 Å². The molecule has 0 N–H and O–H groups in total. The van der Waals surface area contributed by atoms with Gasteiger partial charge < -0.3 is 0 Å². The highest BCUT2D eigenvalue weighted by atomic mass is 19.1. The Morgan fingerprint density at radius 3 is 2.80 bits per heavy atom. The number of rotatable bonds is 5. The number of hydrogen-bond donors (Lipinski definition) is 0. The molecule has 2 heteroatoms. The number of ketones is 1. The molecule has 0 saturated heterocycles. The molecule has 0 bridgehead atoms. The molecule has 0 radical (unpaired) electrons. The lowest BCUT2D eigenvalue weighted by atomic mass is 10.1. The molecule has 1 nitrogen and oxygen atoms in total. The van der Waals surface area contributed by atoms with Crippen molar-refractivity contribution in [3.05, 3.63) is 35.7 Å². The molecule has 0 aromatic carbocycles. The molecular weight excluding hydrogens is 191 g/mol. The second-order valence-electron chi connectivity index (χ2n) is 3.63. The molecule has 15 heavy (non-hydrogen) atoms. The maximum atomic E-state index is 12.7. The Morgan fingerprint density at radius 1 is 1.40 bits per heavy atom. The van der Waals surface area contributed by atoms with Gasteiger partial charge in [-0.05, 0) is 38.2 Å². The lowest BCUT2D eigenvalue weighted by Crippen LogP contribution is -1.95. The first kappa shape index (κ1) is 11.9. The molecule has 1 aliphatic rings. The fourth-order valence-electron chi connectivity index (χ4n) is 1.51. The molecule has 0 aromatic rings. The highest BCUT2D eigenvalue weighted by Crippen LogP contribution is 2.21. The molecule has 0 heterocycles. The number of halogens is 1. The lowest BCUT2D eigenvalue weighted by Gasteiger charge is -1.95. The minimum atomic E-state index is -0.591. The van der Waals surface area contributed by atoms with E-state index in [-0.39, 0.29) is 0 Å². The van der Waals surface area contributed by atoms with Crippen LogP contribution in [0.3, 0.4) is 0 Å². The van der Waals surface area contributed by atoms with Crippen LogP contribution >= 0.6 is 0 Å². The summed E-state index contributed by atoms with van der Waals surface area (Å²) in [5, 5.41) is 0. The van der Waals surface area contributed by atoms with Crippen molar-refractivity contribution in [2.24, 2.45) is 0 Å². The second kappa shape index (κ2) is 6.33. The molecule has 1 rings (SSSR count). The van der Waals surface area contributed by atoms with Gasteiger partial charge in [0, 0.05) is 5.57 Å². The zero-order chi connectivity index (χ0) is 11.1. The van der Waals surface area contributed by atoms with E-state index in [1.165, 1.54) is 6.08 Å². The first-order chi connectivity index (χ1) is 7.25. The van der Waals surface area contributed by atoms with Crippen molar-refractivity contribution in [3.63, 3.8) is 0 Å². The quantitative estimate of drug-likeness (QED) is 0.381. The number of carbonyl (C=O) groups is 1. The average Bonchev–Trinajstić information content (AvgIpc) is 2.54. The standard InChI is InChI=1S/C13H17FO/c1-2-3-4-5-6-7-8-11-9-10-12(14)13(11)15/h3-4,8,10H,2,5-7,9H2,1H3/b4-3-,11-8+. The predicted octanol–water partition coefficient (Wildman–Crippen LogP) is 3.88. The summed E-state index contributed by atoms with van der Waals surface area (Å²) < 4.78 is 12.7. The molecule has 1 aliphatic carbocycles. The normalized spacial score (nSPS) is 19.2. The summed E-state index contributed by atoms with van der Waals surface area (Å²) in [7, 11) is 0. The molecule has 0 aromatic heterocycles. The maximum absolute atomic E-state index is 12.7. The second-order valence-corrected chi connectivity index (χ2v) is 3.63. The number of Topliss-reactive ketones (excluding diaryl/α,β-unsaturated/α-hetero) is 1. The van der Waals surface area contributed by atoms with Crippen LogP contribution in [0.1, 0.15) is 39.0 Å². The third-order valence-electron chi connectivity index (χ3n) is 2.38. The molecule has 0 saturated carbocycles. The van der Waals surface area contributed by atoms with Crippen LogP contribution in [0.15, 0.2) is 35.7 Å². The van der Waals surface area contributed by atoms with Crippen LogP contribution in [-0.4, -0.2) is 5.78 Å². The Bertz CT molecular complexity index is 310. The van der Waals surface area contributed by atoms with E-state index < -0.39 is 11.6 Å². The van der Waals surface area contributed by atoms with E-state index in [0.29, 0.717) is 12.0 Å². The van der Waals surface area contributed by atoms with Gasteiger partial charge in [-0.15, -0.1) is 0 Å². The van der Waals surface area contributed by atoms with Gasteiger partial charge in [-0.3, -0.25) is 4.79 Å². The summed E-state index contributed by atoms with van der Waals surface area (Å²) in [5.74, 6) is -1.01. The van der Waals surface area contributed by atoms with Gasteiger partial charge in [0.05, 0.1) is 0 Å². The number of unbranched alkanes of at least 4 members (excludes halogenated alkanes) is 2. The molecule has 0 unspecified atom stereocenters. The highest BCUT2D eigenvalue weighted by molar-refractivity contribution is 6.09. The number of hydrogen-bond acceptors (Lipinski definition) is 1. The summed E-state index contributed by atoms with van der Waals surface area (Å²) in [6.07, 6.45) is 11.9. The molecule has 0 atom stereocenters. The third kappa shape index (κ3) is 3.82. The van der Waals surface area contributed by atoms with Crippen molar-refractivity contribution < 1.29 is 9.18 Å². The Morgan fingerprint density at radius 2 is 2.20 bits per heavy atom. The fourth-order valence-corrected chi connectivity index (χ4v) is 1.51. The highest BCUT2D eigenvalue weighted by Gasteiger charge is 2.19. The van der Waals surface area contributed by atoms with E-state index >= 15 is 0 Å². The van der Waals surface area contributed by atoms with Gasteiger partial charge in [0.2, 0.25) is 5.78 Å². The minimum Gasteiger partial charge on any atom is -0.286 e. The molecule has 0 spiro atoms. The predicted molar refractivity (Wildman–Crippen MR) is 60.2 cm³/mol. The van der Waals surface area contributed by atoms with E-state index in [4.69, 9.17) is 0 Å². The fraction of sp³-hybridized carbons (Fsp3) is 0.462. The third-order valence-corrected chi connectivity index (χ3v) is 2.38.